The minimum Gasteiger partial charge on any atom is -0.497 e. The zero-order valence-electron chi connectivity index (χ0n) is 10.8. The van der Waals surface area contributed by atoms with E-state index in [0.717, 1.165) is 11.3 Å². The minimum absolute atomic E-state index is 0.0801. The number of ether oxygens (including phenoxy) is 1. The molecule has 1 aromatic carbocycles. The van der Waals surface area contributed by atoms with Crippen LogP contribution in [0.15, 0.2) is 24.3 Å². The molecule has 0 aliphatic rings. The lowest BCUT2D eigenvalue weighted by Crippen LogP contribution is -2.37. The van der Waals surface area contributed by atoms with E-state index in [1.54, 1.807) is 7.11 Å². The van der Waals surface area contributed by atoms with Crippen molar-refractivity contribution >= 4 is 12.0 Å². The van der Waals surface area contributed by atoms with Crippen molar-refractivity contribution in [3.8, 4) is 5.75 Å². The van der Waals surface area contributed by atoms with Gasteiger partial charge in [0.1, 0.15) is 5.75 Å². The summed E-state index contributed by atoms with van der Waals surface area (Å²) < 4.78 is 5.10. The first-order chi connectivity index (χ1) is 9.11. The van der Waals surface area contributed by atoms with Gasteiger partial charge in [-0.1, -0.05) is 12.1 Å². The van der Waals surface area contributed by atoms with Crippen LogP contribution < -0.4 is 15.4 Å². The number of aliphatic carboxylic acids is 1. The van der Waals surface area contributed by atoms with Crippen LogP contribution in [0.5, 0.6) is 5.75 Å². The van der Waals surface area contributed by atoms with Gasteiger partial charge >= 0.3 is 12.0 Å². The second-order valence-electron chi connectivity index (χ2n) is 3.93. The molecule has 0 unspecified atom stereocenters. The quantitative estimate of drug-likeness (QED) is 0.687. The van der Waals surface area contributed by atoms with Crippen LogP contribution in [0.25, 0.3) is 0 Å². The molecule has 19 heavy (non-hydrogen) atoms. The summed E-state index contributed by atoms with van der Waals surface area (Å²) in [6, 6.07) is 7.25. The van der Waals surface area contributed by atoms with Gasteiger partial charge in [-0.15, -0.1) is 0 Å². The van der Waals surface area contributed by atoms with Gasteiger partial charge in [0.15, 0.2) is 0 Å². The molecule has 0 saturated carbocycles. The monoisotopic (exact) mass is 266 g/mol. The van der Waals surface area contributed by atoms with E-state index < -0.39 is 5.97 Å². The Morgan fingerprint density at radius 2 is 2.00 bits per heavy atom. The molecule has 0 heterocycles. The number of benzene rings is 1. The van der Waals surface area contributed by atoms with Crippen LogP contribution in [-0.4, -0.2) is 37.3 Å². The molecule has 0 atom stereocenters. The normalized spacial score (nSPS) is 9.74. The number of carbonyl (C=O) groups is 2. The maximum Gasteiger partial charge on any atom is 0.314 e. The van der Waals surface area contributed by atoms with E-state index in [-0.39, 0.29) is 19.0 Å². The molecule has 0 bridgehead atoms. The summed E-state index contributed by atoms with van der Waals surface area (Å²) in [6.45, 7) is 0.604. The zero-order valence-corrected chi connectivity index (χ0v) is 10.8. The van der Waals surface area contributed by atoms with Crippen molar-refractivity contribution in [2.75, 3.05) is 20.2 Å². The molecule has 6 heteroatoms. The molecular formula is C13H18N2O4. The molecule has 0 saturated heterocycles. The van der Waals surface area contributed by atoms with Gasteiger partial charge < -0.3 is 20.5 Å². The number of carboxylic acids is 1. The smallest absolute Gasteiger partial charge is 0.314 e. The van der Waals surface area contributed by atoms with Gasteiger partial charge in [-0.2, -0.15) is 0 Å². The molecule has 104 valence electrons. The first kappa shape index (κ1) is 14.8. The molecule has 0 fully saturated rings. The molecule has 1 aromatic rings. The maximum atomic E-state index is 11.3. The van der Waals surface area contributed by atoms with Crippen molar-refractivity contribution in [1.82, 2.24) is 10.6 Å². The van der Waals surface area contributed by atoms with E-state index >= 15 is 0 Å². The average molecular weight is 266 g/mol. The van der Waals surface area contributed by atoms with Crippen molar-refractivity contribution in [3.05, 3.63) is 29.8 Å². The van der Waals surface area contributed by atoms with Gasteiger partial charge in [-0.25, -0.2) is 4.79 Å². The van der Waals surface area contributed by atoms with E-state index in [4.69, 9.17) is 9.84 Å². The van der Waals surface area contributed by atoms with Gasteiger partial charge in [-0.3, -0.25) is 4.79 Å². The predicted molar refractivity (Wildman–Crippen MR) is 70.4 cm³/mol. The summed E-state index contributed by atoms with van der Waals surface area (Å²) in [5, 5.41) is 13.5. The van der Waals surface area contributed by atoms with Crippen molar-refractivity contribution in [3.63, 3.8) is 0 Å². The molecule has 2 amide bonds. The lowest BCUT2D eigenvalue weighted by atomic mass is 10.1. The number of nitrogens with one attached hydrogen (secondary N) is 2. The van der Waals surface area contributed by atoms with Crippen LogP contribution in [0.1, 0.15) is 12.0 Å². The lowest BCUT2D eigenvalue weighted by Gasteiger charge is -2.07. The van der Waals surface area contributed by atoms with Gasteiger partial charge in [0.25, 0.3) is 0 Å². The lowest BCUT2D eigenvalue weighted by molar-refractivity contribution is -0.136. The number of carboxylic acid groups (broad SMARTS) is 1. The summed E-state index contributed by atoms with van der Waals surface area (Å²) >= 11 is 0. The topological polar surface area (TPSA) is 87.7 Å². The van der Waals surface area contributed by atoms with E-state index in [1.165, 1.54) is 0 Å². The van der Waals surface area contributed by atoms with Gasteiger partial charge in [0, 0.05) is 13.1 Å². The van der Waals surface area contributed by atoms with Crippen molar-refractivity contribution in [2.45, 2.75) is 12.8 Å². The highest BCUT2D eigenvalue weighted by Gasteiger charge is 2.02. The minimum atomic E-state index is -0.934. The Morgan fingerprint density at radius 1 is 1.26 bits per heavy atom. The van der Waals surface area contributed by atoms with E-state index in [9.17, 15) is 9.59 Å². The fraction of sp³-hybridized carbons (Fsp3) is 0.385. The predicted octanol–water partition coefficient (Wildman–Crippen LogP) is 1.01. The molecule has 6 nitrogen and oxygen atoms in total. The van der Waals surface area contributed by atoms with Crippen LogP contribution in [-0.2, 0) is 11.2 Å². The summed E-state index contributed by atoms with van der Waals surface area (Å²) in [5.41, 5.74) is 1.06. The number of urea groups is 1. The van der Waals surface area contributed by atoms with Crippen LogP contribution >= 0.6 is 0 Å². The number of hydrogen-bond acceptors (Lipinski definition) is 3. The SMILES string of the molecule is COc1cccc(CCNC(=O)NCCC(=O)O)c1. The van der Waals surface area contributed by atoms with Crippen molar-refractivity contribution in [1.29, 1.82) is 0 Å². The molecular weight excluding hydrogens is 248 g/mol. The summed E-state index contributed by atoms with van der Waals surface area (Å²) in [7, 11) is 1.60. The van der Waals surface area contributed by atoms with E-state index in [1.807, 2.05) is 24.3 Å². The Kier molecular flexibility index (Phi) is 6.21. The molecule has 0 radical (unpaired) electrons. The second kappa shape index (κ2) is 7.97. The number of amides is 2. The van der Waals surface area contributed by atoms with Gasteiger partial charge in [0.2, 0.25) is 0 Å². The van der Waals surface area contributed by atoms with E-state index in [2.05, 4.69) is 10.6 Å². The van der Waals surface area contributed by atoms with Crippen molar-refractivity contribution in [2.24, 2.45) is 0 Å². The first-order valence-corrected chi connectivity index (χ1v) is 5.98. The molecule has 0 aromatic heterocycles. The highest BCUT2D eigenvalue weighted by atomic mass is 16.5. The van der Waals surface area contributed by atoms with Crippen LogP contribution in [0.2, 0.25) is 0 Å². The summed E-state index contributed by atoms with van der Waals surface area (Å²) in [6.07, 6.45) is 0.604. The molecule has 3 N–H and O–H groups in total. The van der Waals surface area contributed by atoms with Crippen LogP contribution in [0.3, 0.4) is 0 Å². The Balaban J connectivity index is 2.22. The third-order valence-electron chi connectivity index (χ3n) is 2.46. The van der Waals surface area contributed by atoms with Crippen LogP contribution in [0.4, 0.5) is 4.79 Å². The largest absolute Gasteiger partial charge is 0.497 e. The second-order valence-corrected chi connectivity index (χ2v) is 3.93. The molecule has 0 spiro atoms. The fourth-order valence-corrected chi connectivity index (χ4v) is 1.49. The summed E-state index contributed by atoms with van der Waals surface area (Å²) in [5.74, 6) is -0.153. The standard InChI is InChI=1S/C13H18N2O4/c1-19-11-4-2-3-10(9-11)5-7-14-13(18)15-8-6-12(16)17/h2-4,9H,5-8H2,1H3,(H,16,17)(H2,14,15,18). The number of rotatable bonds is 7. The zero-order chi connectivity index (χ0) is 14.1. The highest BCUT2D eigenvalue weighted by Crippen LogP contribution is 2.12. The molecule has 0 aliphatic carbocycles. The van der Waals surface area contributed by atoms with Gasteiger partial charge in [0.05, 0.1) is 13.5 Å². The molecule has 1 rings (SSSR count). The third kappa shape index (κ3) is 6.30. The third-order valence-corrected chi connectivity index (χ3v) is 2.46. The van der Waals surface area contributed by atoms with Crippen LogP contribution in [0, 0.1) is 0 Å². The Bertz CT molecular complexity index is 434. The highest BCUT2D eigenvalue weighted by molar-refractivity contribution is 5.74. The van der Waals surface area contributed by atoms with E-state index in [0.29, 0.717) is 13.0 Å². The number of hydrogen-bond donors (Lipinski definition) is 3. The Hall–Kier alpha value is -2.24. The maximum absolute atomic E-state index is 11.3. The Morgan fingerprint density at radius 3 is 2.68 bits per heavy atom. The number of carbonyl (C=O) groups excluding carboxylic acids is 1. The van der Waals surface area contributed by atoms with Gasteiger partial charge in [-0.05, 0) is 24.1 Å². The molecule has 0 aliphatic heterocycles. The fourth-order valence-electron chi connectivity index (χ4n) is 1.49. The van der Waals surface area contributed by atoms with Crippen molar-refractivity contribution < 1.29 is 19.4 Å². The average Bonchev–Trinajstić information content (AvgIpc) is 2.38. The summed E-state index contributed by atoms with van der Waals surface area (Å²) in [4.78, 5) is 21.6. The number of methoxy groups -OCH3 is 1. The first-order valence-electron chi connectivity index (χ1n) is 5.98. The Labute approximate surface area is 111 Å².